The van der Waals surface area contributed by atoms with Crippen LogP contribution in [0.3, 0.4) is 0 Å². The molecule has 4 heteroatoms. The summed E-state index contributed by atoms with van der Waals surface area (Å²) in [7, 11) is 6.25. The number of carbonyl (C=O) groups excluding carboxylic acids is 2. The van der Waals surface area contributed by atoms with Gasteiger partial charge in [0.05, 0.1) is 0 Å². The van der Waals surface area contributed by atoms with Crippen LogP contribution in [0, 0.1) is 10.8 Å². The van der Waals surface area contributed by atoms with Crippen molar-refractivity contribution in [2.75, 3.05) is 40.8 Å². The molecular weight excluding hydrogens is 408 g/mol. The van der Waals surface area contributed by atoms with E-state index in [9.17, 15) is 9.59 Å². The highest BCUT2D eigenvalue weighted by atomic mass is 16.1. The lowest BCUT2D eigenvalue weighted by Crippen LogP contribution is -2.31. The lowest BCUT2D eigenvalue weighted by molar-refractivity contribution is 0.0952. The minimum Gasteiger partial charge on any atom is -0.309 e. The molecule has 0 aliphatic heterocycles. The Bertz CT molecular complexity index is 800. The van der Waals surface area contributed by atoms with Crippen LogP contribution in [-0.4, -0.2) is 62.1 Å². The topological polar surface area (TPSA) is 40.6 Å². The molecule has 188 valence electrons. The fourth-order valence-corrected chi connectivity index (χ4v) is 4.43. The Hall–Kier alpha value is -1.52. The third kappa shape index (κ3) is 10.5. The average Bonchev–Trinajstić information content (AvgIpc) is 2.68. The van der Waals surface area contributed by atoms with Crippen molar-refractivity contribution in [2.24, 2.45) is 10.8 Å². The van der Waals surface area contributed by atoms with E-state index in [2.05, 4.69) is 86.3 Å². The van der Waals surface area contributed by atoms with Crippen LogP contribution in [-0.2, 0) is 5.41 Å². The maximum Gasteiger partial charge on any atom is 0.162 e. The molecule has 0 bridgehead atoms. The maximum absolute atomic E-state index is 13.2. The van der Waals surface area contributed by atoms with Gasteiger partial charge >= 0.3 is 0 Å². The molecule has 1 rings (SSSR count). The Balaban J connectivity index is 3.07. The summed E-state index contributed by atoms with van der Waals surface area (Å²) < 4.78 is 0. The second kappa shape index (κ2) is 11.8. The molecular formula is C29H50N2O2. The predicted molar refractivity (Wildman–Crippen MR) is 142 cm³/mol. The van der Waals surface area contributed by atoms with Gasteiger partial charge in [0.2, 0.25) is 0 Å². The minimum absolute atomic E-state index is 0.0662. The van der Waals surface area contributed by atoms with Gasteiger partial charge in [-0.15, -0.1) is 0 Å². The fraction of sp³-hybridized carbons (Fsp3) is 0.724. The monoisotopic (exact) mass is 458 g/mol. The Morgan fingerprint density at radius 1 is 0.727 bits per heavy atom. The van der Waals surface area contributed by atoms with Crippen LogP contribution in [0.15, 0.2) is 18.2 Å². The molecule has 0 fully saturated rings. The normalized spacial score (nSPS) is 13.1. The van der Waals surface area contributed by atoms with Crippen molar-refractivity contribution >= 4 is 11.6 Å². The molecule has 0 heterocycles. The summed E-state index contributed by atoms with van der Waals surface area (Å²) in [5, 5.41) is 0. The second-order valence-corrected chi connectivity index (χ2v) is 12.8. The summed E-state index contributed by atoms with van der Waals surface area (Å²) in [4.78, 5) is 30.8. The van der Waals surface area contributed by atoms with E-state index in [0.29, 0.717) is 24.0 Å². The first-order valence-electron chi connectivity index (χ1n) is 12.5. The first kappa shape index (κ1) is 29.5. The van der Waals surface area contributed by atoms with Crippen LogP contribution in [0.1, 0.15) is 107 Å². The quantitative estimate of drug-likeness (QED) is 0.317. The van der Waals surface area contributed by atoms with Gasteiger partial charge in [-0.2, -0.15) is 0 Å². The Morgan fingerprint density at radius 2 is 1.15 bits per heavy atom. The van der Waals surface area contributed by atoms with Crippen LogP contribution >= 0.6 is 0 Å². The van der Waals surface area contributed by atoms with Gasteiger partial charge in [-0.05, 0) is 80.5 Å². The smallest absolute Gasteiger partial charge is 0.162 e. The van der Waals surface area contributed by atoms with Crippen molar-refractivity contribution in [3.63, 3.8) is 0 Å². The van der Waals surface area contributed by atoms with Crippen LogP contribution in [0.4, 0.5) is 0 Å². The minimum atomic E-state index is -0.126. The predicted octanol–water partition coefficient (Wildman–Crippen LogP) is 6.48. The molecule has 0 spiro atoms. The average molecular weight is 459 g/mol. The Morgan fingerprint density at radius 3 is 1.52 bits per heavy atom. The fourth-order valence-electron chi connectivity index (χ4n) is 4.43. The largest absolute Gasteiger partial charge is 0.309 e. The summed E-state index contributed by atoms with van der Waals surface area (Å²) in [6.45, 7) is 20.3. The van der Waals surface area contributed by atoms with E-state index >= 15 is 0 Å². The van der Waals surface area contributed by atoms with Crippen molar-refractivity contribution < 1.29 is 9.59 Å². The summed E-state index contributed by atoms with van der Waals surface area (Å²) in [5.74, 6) is 0.266. The molecule has 0 saturated heterocycles. The summed E-state index contributed by atoms with van der Waals surface area (Å²) >= 11 is 0. The highest BCUT2D eigenvalue weighted by Crippen LogP contribution is 2.29. The standard InChI is InChI=1S/C29H50N2O2/c1-12-31(11)21-29(7,8)16-14-26(33)23-17-22(18-24(19-23)27(2,3)4)25(32)13-15-28(5,6)20-30(9)10/h17-19H,12-16,20-21H2,1-11H3. The number of ketones is 2. The molecule has 0 unspecified atom stereocenters. The Labute approximate surface area is 204 Å². The summed E-state index contributed by atoms with van der Waals surface area (Å²) in [6.07, 6.45) is 2.66. The highest BCUT2D eigenvalue weighted by Gasteiger charge is 2.25. The molecule has 0 atom stereocenters. The van der Waals surface area contributed by atoms with Crippen molar-refractivity contribution in [1.29, 1.82) is 0 Å². The lowest BCUT2D eigenvalue weighted by Gasteiger charge is -2.29. The number of hydrogen-bond donors (Lipinski definition) is 0. The van der Waals surface area contributed by atoms with E-state index < -0.39 is 0 Å². The van der Waals surface area contributed by atoms with Gasteiger partial charge in [-0.3, -0.25) is 9.59 Å². The number of nitrogens with zero attached hydrogens (tertiary/aromatic N) is 2. The van der Waals surface area contributed by atoms with Crippen LogP contribution < -0.4 is 0 Å². The molecule has 0 N–H and O–H groups in total. The number of Topliss-reactive ketones (excluding diaryl/α,β-unsaturated/α-hetero) is 2. The first-order valence-corrected chi connectivity index (χ1v) is 12.5. The molecule has 4 nitrogen and oxygen atoms in total. The molecule has 0 radical (unpaired) electrons. The highest BCUT2D eigenvalue weighted by molar-refractivity contribution is 6.01. The van der Waals surface area contributed by atoms with Crippen molar-refractivity contribution in [2.45, 2.75) is 86.5 Å². The number of hydrogen-bond acceptors (Lipinski definition) is 4. The van der Waals surface area contributed by atoms with Gasteiger partial charge in [-0.25, -0.2) is 0 Å². The molecule has 0 aliphatic rings. The zero-order valence-electron chi connectivity index (χ0n) is 23.4. The van der Waals surface area contributed by atoms with Gasteiger partial charge in [-0.1, -0.05) is 55.4 Å². The number of carbonyl (C=O) groups is 2. The third-order valence-electron chi connectivity index (χ3n) is 6.48. The Kier molecular flexibility index (Phi) is 10.5. The molecule has 33 heavy (non-hydrogen) atoms. The van der Waals surface area contributed by atoms with Gasteiger partial charge in [0.1, 0.15) is 0 Å². The number of benzene rings is 1. The van der Waals surface area contributed by atoms with Crippen LogP contribution in [0.2, 0.25) is 0 Å². The zero-order valence-corrected chi connectivity index (χ0v) is 23.4. The molecule has 1 aromatic carbocycles. The van der Waals surface area contributed by atoms with E-state index in [1.165, 1.54) is 0 Å². The van der Waals surface area contributed by atoms with Crippen LogP contribution in [0.5, 0.6) is 0 Å². The van der Waals surface area contributed by atoms with E-state index in [0.717, 1.165) is 38.0 Å². The SMILES string of the molecule is CCN(C)CC(C)(C)CCC(=O)c1cc(C(=O)CCC(C)(C)CN(C)C)cc(C(C)(C)C)c1. The van der Waals surface area contributed by atoms with Gasteiger partial charge in [0.15, 0.2) is 11.6 Å². The van der Waals surface area contributed by atoms with Gasteiger partial charge in [0.25, 0.3) is 0 Å². The maximum atomic E-state index is 13.2. The molecule has 0 aliphatic carbocycles. The summed E-state index contributed by atoms with van der Waals surface area (Å²) in [5.41, 5.74) is 2.41. The van der Waals surface area contributed by atoms with E-state index in [-0.39, 0.29) is 27.8 Å². The van der Waals surface area contributed by atoms with Crippen LogP contribution in [0.25, 0.3) is 0 Å². The van der Waals surface area contributed by atoms with E-state index in [1.54, 1.807) is 0 Å². The number of rotatable bonds is 13. The van der Waals surface area contributed by atoms with Crippen molar-refractivity contribution in [1.82, 2.24) is 9.80 Å². The van der Waals surface area contributed by atoms with Gasteiger partial charge in [0, 0.05) is 37.1 Å². The molecule has 0 aromatic heterocycles. The van der Waals surface area contributed by atoms with E-state index in [1.807, 2.05) is 18.2 Å². The molecule has 1 aromatic rings. The van der Waals surface area contributed by atoms with Crippen molar-refractivity contribution in [3.8, 4) is 0 Å². The molecule has 0 saturated carbocycles. The summed E-state index contributed by atoms with van der Waals surface area (Å²) in [6, 6.07) is 5.84. The molecule has 0 amide bonds. The second-order valence-electron chi connectivity index (χ2n) is 12.8. The zero-order chi connectivity index (χ0) is 25.6. The van der Waals surface area contributed by atoms with Gasteiger partial charge < -0.3 is 9.80 Å². The van der Waals surface area contributed by atoms with Crippen molar-refractivity contribution in [3.05, 3.63) is 34.9 Å². The first-order chi connectivity index (χ1) is 15.0. The third-order valence-corrected chi connectivity index (χ3v) is 6.48. The lowest BCUT2D eigenvalue weighted by atomic mass is 9.81. The van der Waals surface area contributed by atoms with E-state index in [4.69, 9.17) is 0 Å².